The Morgan fingerprint density at radius 2 is 2.26 bits per heavy atom. The maximum Gasteiger partial charge on any atom is 0.315 e. The first-order chi connectivity index (χ1) is 13.0. The largest absolute Gasteiger partial charge is 0.338 e. The predicted octanol–water partition coefficient (Wildman–Crippen LogP) is 2.61. The molecule has 1 unspecified atom stereocenters. The molecule has 0 fully saturated rings. The highest BCUT2D eigenvalue weighted by Gasteiger charge is 2.21. The number of halogens is 1. The number of urea groups is 1. The molecule has 2 amide bonds. The summed E-state index contributed by atoms with van der Waals surface area (Å²) >= 11 is 0. The number of benzene rings is 1. The molecule has 3 rings (SSSR count). The number of nitrogens with zero attached hydrogens (tertiary/aromatic N) is 3. The highest BCUT2D eigenvalue weighted by molar-refractivity contribution is 5.74. The summed E-state index contributed by atoms with van der Waals surface area (Å²) in [6.07, 6.45) is 6.86. The van der Waals surface area contributed by atoms with Gasteiger partial charge in [-0.05, 0) is 43.0 Å². The summed E-state index contributed by atoms with van der Waals surface area (Å²) in [7, 11) is 1.83. The molecular weight excluding hydrogens is 347 g/mol. The third-order valence-corrected chi connectivity index (χ3v) is 4.42. The van der Waals surface area contributed by atoms with E-state index in [1.165, 1.54) is 12.1 Å². The average Bonchev–Trinajstić information content (AvgIpc) is 3.25. The van der Waals surface area contributed by atoms with Crippen molar-refractivity contribution in [3.8, 4) is 0 Å². The van der Waals surface area contributed by atoms with Crippen LogP contribution in [-0.4, -0.2) is 32.3 Å². The van der Waals surface area contributed by atoms with E-state index in [-0.39, 0.29) is 11.8 Å². The lowest BCUT2D eigenvalue weighted by atomic mass is 10.1. The highest BCUT2D eigenvalue weighted by atomic mass is 19.1. The van der Waals surface area contributed by atoms with Crippen LogP contribution in [0.4, 0.5) is 9.18 Å². The zero-order chi connectivity index (χ0) is 19.2. The lowest BCUT2D eigenvalue weighted by molar-refractivity contribution is 0.238. The summed E-state index contributed by atoms with van der Waals surface area (Å²) in [5.74, 6) is 0.272. The van der Waals surface area contributed by atoms with Crippen LogP contribution in [0.1, 0.15) is 35.1 Å². The van der Waals surface area contributed by atoms with Crippen molar-refractivity contribution in [2.75, 3.05) is 6.54 Å². The third kappa shape index (κ3) is 4.72. The molecule has 0 saturated carbocycles. The van der Waals surface area contributed by atoms with Gasteiger partial charge in [-0.25, -0.2) is 14.2 Å². The Balaban J connectivity index is 1.61. The fourth-order valence-corrected chi connectivity index (χ4v) is 2.93. The van der Waals surface area contributed by atoms with Gasteiger partial charge in [0.1, 0.15) is 17.7 Å². The van der Waals surface area contributed by atoms with Gasteiger partial charge < -0.3 is 15.2 Å². The second kappa shape index (κ2) is 8.48. The summed E-state index contributed by atoms with van der Waals surface area (Å²) in [5.41, 5.74) is 2.82. The molecule has 0 radical (unpaired) electrons. The summed E-state index contributed by atoms with van der Waals surface area (Å²) < 4.78 is 15.5. The molecule has 1 atom stereocenters. The van der Waals surface area contributed by atoms with E-state index in [1.807, 2.05) is 14.0 Å². The number of aryl methyl sites for hydroxylation is 3. The van der Waals surface area contributed by atoms with E-state index in [2.05, 4.69) is 25.8 Å². The normalized spacial score (nSPS) is 12.0. The van der Waals surface area contributed by atoms with E-state index in [4.69, 9.17) is 0 Å². The van der Waals surface area contributed by atoms with E-state index >= 15 is 0 Å². The van der Waals surface area contributed by atoms with E-state index in [0.29, 0.717) is 17.9 Å². The highest BCUT2D eigenvalue weighted by Crippen LogP contribution is 2.21. The number of aromatic amines is 1. The van der Waals surface area contributed by atoms with Crippen molar-refractivity contribution in [1.29, 1.82) is 0 Å². The van der Waals surface area contributed by atoms with Crippen molar-refractivity contribution in [2.45, 2.75) is 25.8 Å². The third-order valence-electron chi connectivity index (χ3n) is 4.42. The molecule has 1 aromatic carbocycles. The lowest BCUT2D eigenvalue weighted by Gasteiger charge is -2.19. The molecule has 0 aliphatic heterocycles. The monoisotopic (exact) mass is 370 g/mol. The Morgan fingerprint density at radius 1 is 1.41 bits per heavy atom. The molecule has 0 aliphatic carbocycles. The van der Waals surface area contributed by atoms with Crippen LogP contribution in [0.5, 0.6) is 0 Å². The zero-order valence-electron chi connectivity index (χ0n) is 15.4. The molecule has 3 N–H and O–H groups in total. The maximum atomic E-state index is 13.7. The predicted molar refractivity (Wildman–Crippen MR) is 99.6 cm³/mol. The molecule has 27 heavy (non-hydrogen) atoms. The van der Waals surface area contributed by atoms with E-state index in [9.17, 15) is 9.18 Å². The van der Waals surface area contributed by atoms with Gasteiger partial charge in [-0.3, -0.25) is 5.10 Å². The van der Waals surface area contributed by atoms with Gasteiger partial charge in [0.2, 0.25) is 0 Å². The minimum absolute atomic E-state index is 0.323. The van der Waals surface area contributed by atoms with Crippen LogP contribution in [0.25, 0.3) is 0 Å². The van der Waals surface area contributed by atoms with Gasteiger partial charge in [0.05, 0.1) is 6.20 Å². The second-order valence-corrected chi connectivity index (χ2v) is 6.41. The molecule has 0 bridgehead atoms. The molecule has 2 aromatic heterocycles. The van der Waals surface area contributed by atoms with Gasteiger partial charge >= 0.3 is 6.03 Å². The van der Waals surface area contributed by atoms with Crippen molar-refractivity contribution >= 4 is 6.03 Å². The van der Waals surface area contributed by atoms with Crippen molar-refractivity contribution < 1.29 is 9.18 Å². The maximum absolute atomic E-state index is 13.7. The smallest absolute Gasteiger partial charge is 0.315 e. The number of amides is 2. The summed E-state index contributed by atoms with van der Waals surface area (Å²) in [4.78, 5) is 16.7. The van der Waals surface area contributed by atoms with Gasteiger partial charge in [-0.1, -0.05) is 12.1 Å². The summed E-state index contributed by atoms with van der Waals surface area (Å²) in [6, 6.07) is 5.30. The van der Waals surface area contributed by atoms with Crippen LogP contribution in [0.3, 0.4) is 0 Å². The van der Waals surface area contributed by atoms with Crippen molar-refractivity contribution in [3.63, 3.8) is 0 Å². The molecule has 142 valence electrons. The van der Waals surface area contributed by atoms with Crippen molar-refractivity contribution in [3.05, 3.63) is 71.3 Å². The van der Waals surface area contributed by atoms with Crippen LogP contribution in [0, 0.1) is 12.7 Å². The summed E-state index contributed by atoms with van der Waals surface area (Å²) in [5, 5.41) is 12.6. The molecule has 0 spiro atoms. The second-order valence-electron chi connectivity index (χ2n) is 6.41. The molecule has 7 nitrogen and oxygen atoms in total. The number of hydrogen-bond donors (Lipinski definition) is 3. The number of carbonyl (C=O) groups is 1. The fourth-order valence-electron chi connectivity index (χ4n) is 2.93. The topological polar surface area (TPSA) is 87.6 Å². The van der Waals surface area contributed by atoms with Gasteiger partial charge in [-0.15, -0.1) is 0 Å². The fraction of sp³-hybridized carbons (Fsp3) is 0.316. The number of H-pyrrole nitrogens is 1. The summed E-state index contributed by atoms with van der Waals surface area (Å²) in [6.45, 7) is 2.49. The minimum Gasteiger partial charge on any atom is -0.338 e. The Bertz CT molecular complexity index is 903. The van der Waals surface area contributed by atoms with Crippen LogP contribution in [-0.2, 0) is 13.5 Å². The quantitative estimate of drug-likeness (QED) is 0.559. The minimum atomic E-state index is -0.545. The first kappa shape index (κ1) is 18.6. The Morgan fingerprint density at radius 3 is 2.93 bits per heavy atom. The number of rotatable bonds is 7. The van der Waals surface area contributed by atoms with Gasteiger partial charge in [0, 0.05) is 31.7 Å². The van der Waals surface area contributed by atoms with Crippen LogP contribution >= 0.6 is 0 Å². The van der Waals surface area contributed by atoms with Crippen LogP contribution < -0.4 is 10.6 Å². The number of aromatic nitrogens is 4. The first-order valence-electron chi connectivity index (χ1n) is 8.80. The number of carbonyl (C=O) groups excluding carboxylic acids is 1. The van der Waals surface area contributed by atoms with Gasteiger partial charge in [0.25, 0.3) is 0 Å². The van der Waals surface area contributed by atoms with E-state index < -0.39 is 6.04 Å². The van der Waals surface area contributed by atoms with E-state index in [1.54, 1.807) is 35.3 Å². The van der Waals surface area contributed by atoms with Crippen LogP contribution in [0.15, 0.2) is 42.9 Å². The van der Waals surface area contributed by atoms with Crippen molar-refractivity contribution in [1.82, 2.24) is 30.4 Å². The lowest BCUT2D eigenvalue weighted by Crippen LogP contribution is -2.39. The molecule has 8 heteroatoms. The Hall–Kier alpha value is -3.16. The standard InChI is InChI=1S/C19H23FN6O/c1-13-15(12-23-25-13)6-4-8-22-19(27)24-17(18-21-9-10-26(18)2)14-5-3-7-16(20)11-14/h3,5,7,9-12,17H,4,6,8H2,1-2H3,(H,23,25)(H2,22,24,27). The van der Waals surface area contributed by atoms with Crippen LogP contribution in [0.2, 0.25) is 0 Å². The molecule has 0 saturated heterocycles. The number of nitrogens with one attached hydrogen (secondary N) is 3. The average molecular weight is 370 g/mol. The SMILES string of the molecule is Cc1[nH]ncc1CCCNC(=O)NC(c1cccc(F)c1)c1nccn1C. The number of imidazole rings is 1. The number of hydrogen-bond acceptors (Lipinski definition) is 3. The molecule has 0 aliphatic rings. The Labute approximate surface area is 157 Å². The van der Waals surface area contributed by atoms with Gasteiger partial charge in [-0.2, -0.15) is 5.10 Å². The Kier molecular flexibility index (Phi) is 5.85. The van der Waals surface area contributed by atoms with E-state index in [0.717, 1.165) is 24.1 Å². The first-order valence-corrected chi connectivity index (χ1v) is 8.80. The van der Waals surface area contributed by atoms with Gasteiger partial charge in [0.15, 0.2) is 0 Å². The molecular formula is C19H23FN6O. The molecule has 2 heterocycles. The zero-order valence-corrected chi connectivity index (χ0v) is 15.4. The molecule has 3 aromatic rings. The van der Waals surface area contributed by atoms with Crippen molar-refractivity contribution in [2.24, 2.45) is 7.05 Å².